The van der Waals surface area contributed by atoms with Crippen molar-refractivity contribution < 1.29 is 4.39 Å². The summed E-state index contributed by atoms with van der Waals surface area (Å²) in [6, 6.07) is 4.95. The summed E-state index contributed by atoms with van der Waals surface area (Å²) in [5.41, 5.74) is 6.62. The largest absolute Gasteiger partial charge is 0.330 e. The maximum Gasteiger partial charge on any atom is 0.124 e. The lowest BCUT2D eigenvalue weighted by atomic mass is 9.86. The normalized spacial score (nSPS) is 11.8. The summed E-state index contributed by atoms with van der Waals surface area (Å²) >= 11 is 3.27. The minimum absolute atomic E-state index is 0.0211. The van der Waals surface area contributed by atoms with Gasteiger partial charge in [0, 0.05) is 4.47 Å². The van der Waals surface area contributed by atoms with Crippen LogP contribution in [0.25, 0.3) is 0 Å². The summed E-state index contributed by atoms with van der Waals surface area (Å²) in [4.78, 5) is 0. The summed E-state index contributed by atoms with van der Waals surface area (Å²) in [6.07, 6.45) is 0.792. The highest BCUT2D eigenvalue weighted by Gasteiger charge is 2.16. The van der Waals surface area contributed by atoms with E-state index < -0.39 is 0 Å². The van der Waals surface area contributed by atoms with Crippen molar-refractivity contribution in [2.45, 2.75) is 20.3 Å². The van der Waals surface area contributed by atoms with Gasteiger partial charge in [0.15, 0.2) is 0 Å². The van der Waals surface area contributed by atoms with E-state index in [-0.39, 0.29) is 11.2 Å². The molecule has 0 heterocycles. The molecule has 78 valence electrons. The van der Waals surface area contributed by atoms with Gasteiger partial charge in [0.05, 0.1) is 0 Å². The SMILES string of the molecule is CC(C)(CN)Cc1cc(F)cc(Br)c1. The molecule has 1 aromatic rings. The first kappa shape index (κ1) is 11.7. The first-order valence-electron chi connectivity index (χ1n) is 4.58. The molecule has 0 amide bonds. The van der Waals surface area contributed by atoms with Crippen LogP contribution in [0.4, 0.5) is 4.39 Å². The first-order chi connectivity index (χ1) is 6.43. The van der Waals surface area contributed by atoms with Gasteiger partial charge in [-0.2, -0.15) is 0 Å². The van der Waals surface area contributed by atoms with Gasteiger partial charge < -0.3 is 5.73 Å². The quantitative estimate of drug-likeness (QED) is 0.887. The minimum atomic E-state index is -0.206. The highest BCUT2D eigenvalue weighted by atomic mass is 79.9. The molecule has 0 fully saturated rings. The number of halogens is 2. The Morgan fingerprint density at radius 2 is 2.00 bits per heavy atom. The van der Waals surface area contributed by atoms with E-state index >= 15 is 0 Å². The summed E-state index contributed by atoms with van der Waals surface area (Å²) in [7, 11) is 0. The fourth-order valence-corrected chi connectivity index (χ4v) is 1.85. The van der Waals surface area contributed by atoms with Crippen molar-refractivity contribution in [1.82, 2.24) is 0 Å². The third-order valence-corrected chi connectivity index (χ3v) is 2.62. The van der Waals surface area contributed by atoms with Gasteiger partial charge in [-0.25, -0.2) is 4.39 Å². The van der Waals surface area contributed by atoms with Gasteiger partial charge >= 0.3 is 0 Å². The van der Waals surface area contributed by atoms with E-state index in [9.17, 15) is 4.39 Å². The zero-order chi connectivity index (χ0) is 10.8. The Morgan fingerprint density at radius 3 is 2.50 bits per heavy atom. The Kier molecular flexibility index (Phi) is 3.67. The van der Waals surface area contributed by atoms with Gasteiger partial charge in [0.25, 0.3) is 0 Å². The molecule has 1 rings (SSSR count). The van der Waals surface area contributed by atoms with E-state index in [1.165, 1.54) is 6.07 Å². The molecular weight excluding hydrogens is 245 g/mol. The second-order valence-corrected chi connectivity index (χ2v) is 5.24. The van der Waals surface area contributed by atoms with E-state index in [1.54, 1.807) is 6.07 Å². The van der Waals surface area contributed by atoms with Crippen LogP contribution in [0.2, 0.25) is 0 Å². The molecule has 0 aromatic heterocycles. The molecule has 2 N–H and O–H groups in total. The highest BCUT2D eigenvalue weighted by molar-refractivity contribution is 9.10. The Bertz CT molecular complexity index is 303. The molecule has 0 aliphatic rings. The predicted molar refractivity (Wildman–Crippen MR) is 60.6 cm³/mol. The Morgan fingerprint density at radius 1 is 1.36 bits per heavy atom. The second kappa shape index (κ2) is 4.41. The number of hydrogen-bond donors (Lipinski definition) is 1. The van der Waals surface area contributed by atoms with E-state index in [1.807, 2.05) is 6.07 Å². The molecule has 1 aromatic carbocycles. The molecule has 0 radical (unpaired) electrons. The number of nitrogens with two attached hydrogens (primary N) is 1. The van der Waals surface area contributed by atoms with Crippen molar-refractivity contribution >= 4 is 15.9 Å². The van der Waals surface area contributed by atoms with Gasteiger partial charge in [-0.1, -0.05) is 29.8 Å². The molecule has 0 aliphatic heterocycles. The van der Waals surface area contributed by atoms with Crippen molar-refractivity contribution in [3.8, 4) is 0 Å². The fourth-order valence-electron chi connectivity index (χ4n) is 1.34. The summed E-state index contributed by atoms with van der Waals surface area (Å²) < 4.78 is 13.8. The zero-order valence-corrected chi connectivity index (χ0v) is 10.1. The van der Waals surface area contributed by atoms with Crippen LogP contribution in [-0.4, -0.2) is 6.54 Å². The number of rotatable bonds is 3. The Labute approximate surface area is 92.6 Å². The second-order valence-electron chi connectivity index (χ2n) is 4.32. The van der Waals surface area contributed by atoms with Crippen LogP contribution in [0.5, 0.6) is 0 Å². The average molecular weight is 260 g/mol. The standard InChI is InChI=1S/C11H15BrFN/c1-11(2,7-14)6-8-3-9(12)5-10(13)4-8/h3-5H,6-7,14H2,1-2H3. The summed E-state index contributed by atoms with van der Waals surface area (Å²) in [5.74, 6) is -0.206. The van der Waals surface area contributed by atoms with E-state index in [0.717, 1.165) is 16.5 Å². The van der Waals surface area contributed by atoms with Crippen LogP contribution < -0.4 is 5.73 Å². The topological polar surface area (TPSA) is 26.0 Å². The smallest absolute Gasteiger partial charge is 0.124 e. The van der Waals surface area contributed by atoms with E-state index in [0.29, 0.717) is 6.54 Å². The predicted octanol–water partition coefficient (Wildman–Crippen LogP) is 3.12. The molecule has 14 heavy (non-hydrogen) atoms. The lowest BCUT2D eigenvalue weighted by Gasteiger charge is -2.22. The lowest BCUT2D eigenvalue weighted by molar-refractivity contribution is 0.376. The first-order valence-corrected chi connectivity index (χ1v) is 5.37. The van der Waals surface area contributed by atoms with Gasteiger partial charge in [-0.15, -0.1) is 0 Å². The Hall–Kier alpha value is -0.410. The fraction of sp³-hybridized carbons (Fsp3) is 0.455. The van der Waals surface area contributed by atoms with Crippen LogP contribution >= 0.6 is 15.9 Å². The van der Waals surface area contributed by atoms with Crippen molar-refractivity contribution in [2.75, 3.05) is 6.54 Å². The third-order valence-electron chi connectivity index (χ3n) is 2.16. The summed E-state index contributed by atoms with van der Waals surface area (Å²) in [5, 5.41) is 0. The van der Waals surface area contributed by atoms with Gasteiger partial charge in [0.2, 0.25) is 0 Å². The van der Waals surface area contributed by atoms with Gasteiger partial charge in [-0.3, -0.25) is 0 Å². The van der Waals surface area contributed by atoms with Crippen LogP contribution in [0.15, 0.2) is 22.7 Å². The third kappa shape index (κ3) is 3.39. The van der Waals surface area contributed by atoms with Crippen LogP contribution in [0.3, 0.4) is 0 Å². The molecule has 0 saturated heterocycles. The van der Waals surface area contributed by atoms with Gasteiger partial charge in [-0.05, 0) is 42.1 Å². The van der Waals surface area contributed by atoms with E-state index in [2.05, 4.69) is 29.8 Å². The maximum absolute atomic E-state index is 13.0. The monoisotopic (exact) mass is 259 g/mol. The van der Waals surface area contributed by atoms with Crippen LogP contribution in [0, 0.1) is 11.2 Å². The maximum atomic E-state index is 13.0. The number of hydrogen-bond acceptors (Lipinski definition) is 1. The van der Waals surface area contributed by atoms with Crippen molar-refractivity contribution in [2.24, 2.45) is 11.1 Å². The van der Waals surface area contributed by atoms with Crippen molar-refractivity contribution in [3.63, 3.8) is 0 Å². The molecule has 0 atom stereocenters. The van der Waals surface area contributed by atoms with Crippen molar-refractivity contribution in [3.05, 3.63) is 34.1 Å². The number of benzene rings is 1. The molecule has 1 nitrogen and oxygen atoms in total. The molecule has 3 heteroatoms. The average Bonchev–Trinajstić information content (AvgIpc) is 2.01. The molecule has 0 bridgehead atoms. The zero-order valence-electron chi connectivity index (χ0n) is 8.48. The molecule has 0 saturated carbocycles. The van der Waals surface area contributed by atoms with E-state index in [4.69, 9.17) is 5.73 Å². The van der Waals surface area contributed by atoms with Crippen LogP contribution in [0.1, 0.15) is 19.4 Å². The van der Waals surface area contributed by atoms with Crippen molar-refractivity contribution in [1.29, 1.82) is 0 Å². The molecule has 0 unspecified atom stereocenters. The highest BCUT2D eigenvalue weighted by Crippen LogP contribution is 2.23. The minimum Gasteiger partial charge on any atom is -0.330 e. The lowest BCUT2D eigenvalue weighted by Crippen LogP contribution is -2.25. The molecular formula is C11H15BrFN. The molecule has 0 aliphatic carbocycles. The van der Waals surface area contributed by atoms with Gasteiger partial charge in [0.1, 0.15) is 5.82 Å². The summed E-state index contributed by atoms with van der Waals surface area (Å²) in [6.45, 7) is 4.75. The molecule has 0 spiro atoms. The Balaban J connectivity index is 2.87. The van der Waals surface area contributed by atoms with Crippen LogP contribution in [-0.2, 0) is 6.42 Å².